The third-order valence-corrected chi connectivity index (χ3v) is 6.36. The van der Waals surface area contributed by atoms with Crippen LogP contribution < -0.4 is 5.32 Å². The van der Waals surface area contributed by atoms with Gasteiger partial charge < -0.3 is 5.32 Å². The maximum absolute atomic E-state index is 12.4. The molecule has 102 valence electrons. The van der Waals surface area contributed by atoms with Crippen LogP contribution in [-0.4, -0.2) is 22.0 Å². The normalized spacial score (nSPS) is 29.8. The van der Waals surface area contributed by atoms with E-state index in [1.807, 2.05) is 6.07 Å². The Labute approximate surface area is 126 Å². The Morgan fingerprint density at radius 1 is 1.26 bits per heavy atom. The third kappa shape index (κ3) is 3.00. The highest BCUT2D eigenvalue weighted by molar-refractivity contribution is 9.09. The van der Waals surface area contributed by atoms with Gasteiger partial charge in [0.1, 0.15) is 0 Å². The molecule has 3 unspecified atom stereocenters. The van der Waals surface area contributed by atoms with E-state index in [4.69, 9.17) is 0 Å². The molecule has 1 fully saturated rings. The summed E-state index contributed by atoms with van der Waals surface area (Å²) in [5, 5.41) is 3.29. The molecule has 1 aromatic rings. The molecule has 0 aromatic heterocycles. The van der Waals surface area contributed by atoms with E-state index in [0.717, 1.165) is 12.8 Å². The van der Waals surface area contributed by atoms with Gasteiger partial charge in [-0.25, -0.2) is 0 Å². The van der Waals surface area contributed by atoms with Gasteiger partial charge in [-0.3, -0.25) is 4.79 Å². The Morgan fingerprint density at radius 2 is 2.05 bits per heavy atom. The summed E-state index contributed by atoms with van der Waals surface area (Å²) in [5.41, 5.74) is 1.31. The molecule has 1 N–H and O–H groups in total. The van der Waals surface area contributed by atoms with Gasteiger partial charge in [0, 0.05) is 15.8 Å². The van der Waals surface area contributed by atoms with Crippen LogP contribution in [0.3, 0.4) is 0 Å². The van der Waals surface area contributed by atoms with Gasteiger partial charge in [-0.1, -0.05) is 47.0 Å². The average Bonchev–Trinajstić information content (AvgIpc) is 2.85. The standard InChI is InChI=1S/C15H18BrNOS/c16-11-6-2-3-7-12(11)17-15(18)14-9-10-5-1-4-8-13(10)19-14/h1,4-5,8,11-12,14H,2-3,6-7,9H2,(H,17,18). The largest absolute Gasteiger partial charge is 0.351 e. The smallest absolute Gasteiger partial charge is 0.234 e. The van der Waals surface area contributed by atoms with Crippen molar-refractivity contribution in [2.45, 2.75) is 53.1 Å². The lowest BCUT2D eigenvalue weighted by Gasteiger charge is -2.29. The quantitative estimate of drug-likeness (QED) is 0.835. The number of hydrogen-bond acceptors (Lipinski definition) is 2. The van der Waals surface area contributed by atoms with Crippen molar-refractivity contribution in [3.05, 3.63) is 29.8 Å². The monoisotopic (exact) mass is 339 g/mol. The van der Waals surface area contributed by atoms with Crippen molar-refractivity contribution in [2.75, 3.05) is 0 Å². The van der Waals surface area contributed by atoms with E-state index >= 15 is 0 Å². The van der Waals surface area contributed by atoms with E-state index in [9.17, 15) is 4.79 Å². The summed E-state index contributed by atoms with van der Waals surface area (Å²) in [7, 11) is 0. The van der Waals surface area contributed by atoms with Gasteiger partial charge in [-0.05, 0) is 30.9 Å². The zero-order valence-electron chi connectivity index (χ0n) is 10.8. The highest BCUT2D eigenvalue weighted by atomic mass is 79.9. The molecule has 4 heteroatoms. The molecule has 0 radical (unpaired) electrons. The summed E-state index contributed by atoms with van der Waals surface area (Å²) in [5.74, 6) is 0.206. The number of amides is 1. The van der Waals surface area contributed by atoms with E-state index in [0.29, 0.717) is 10.9 Å². The second kappa shape index (κ2) is 5.88. The molecule has 1 aliphatic heterocycles. The molecule has 1 saturated carbocycles. The molecule has 2 nitrogen and oxygen atoms in total. The fourth-order valence-electron chi connectivity index (χ4n) is 2.85. The van der Waals surface area contributed by atoms with Gasteiger partial charge in [-0.15, -0.1) is 11.8 Å². The number of nitrogens with one attached hydrogen (secondary N) is 1. The Bertz CT molecular complexity index is 454. The lowest BCUT2D eigenvalue weighted by atomic mass is 9.95. The Morgan fingerprint density at radius 3 is 2.84 bits per heavy atom. The number of carbonyl (C=O) groups excluding carboxylic acids is 1. The van der Waals surface area contributed by atoms with Crippen molar-refractivity contribution in [3.63, 3.8) is 0 Å². The number of alkyl halides is 1. The van der Waals surface area contributed by atoms with Crippen LogP contribution in [0.5, 0.6) is 0 Å². The first-order valence-electron chi connectivity index (χ1n) is 6.93. The van der Waals surface area contributed by atoms with E-state index in [2.05, 4.69) is 39.4 Å². The fourth-order valence-corrected chi connectivity index (χ4v) is 4.78. The van der Waals surface area contributed by atoms with Gasteiger partial charge in [-0.2, -0.15) is 0 Å². The first-order valence-corrected chi connectivity index (χ1v) is 8.72. The second-order valence-electron chi connectivity index (χ2n) is 5.33. The molecule has 3 atom stereocenters. The van der Waals surface area contributed by atoms with Crippen LogP contribution >= 0.6 is 27.7 Å². The number of carbonyl (C=O) groups is 1. The first kappa shape index (κ1) is 13.5. The summed E-state index contributed by atoms with van der Waals surface area (Å²) in [4.78, 5) is 14.1. The highest BCUT2D eigenvalue weighted by Crippen LogP contribution is 2.37. The minimum Gasteiger partial charge on any atom is -0.351 e. The maximum atomic E-state index is 12.4. The lowest BCUT2D eigenvalue weighted by Crippen LogP contribution is -2.46. The predicted octanol–water partition coefficient (Wildman–Crippen LogP) is 3.53. The van der Waals surface area contributed by atoms with E-state index in [1.54, 1.807) is 11.8 Å². The molecule has 19 heavy (non-hydrogen) atoms. The predicted molar refractivity (Wildman–Crippen MR) is 82.9 cm³/mol. The molecule has 1 amide bonds. The zero-order chi connectivity index (χ0) is 13.2. The van der Waals surface area contributed by atoms with E-state index < -0.39 is 0 Å². The molecule has 1 aliphatic carbocycles. The van der Waals surface area contributed by atoms with E-state index in [-0.39, 0.29) is 11.2 Å². The average molecular weight is 340 g/mol. The first-order chi connectivity index (χ1) is 9.24. The molecule has 2 aliphatic rings. The minimum absolute atomic E-state index is 0.0547. The van der Waals surface area contributed by atoms with Crippen LogP contribution in [-0.2, 0) is 11.2 Å². The molecule has 1 heterocycles. The summed E-state index contributed by atoms with van der Waals surface area (Å²) in [6.45, 7) is 0. The van der Waals surface area contributed by atoms with Crippen LogP contribution in [0.4, 0.5) is 0 Å². The number of benzene rings is 1. The molecular weight excluding hydrogens is 322 g/mol. The molecule has 3 rings (SSSR count). The fraction of sp³-hybridized carbons (Fsp3) is 0.533. The van der Waals surface area contributed by atoms with Gasteiger partial charge in [0.2, 0.25) is 5.91 Å². The number of rotatable bonds is 2. The van der Waals surface area contributed by atoms with Gasteiger partial charge in [0.15, 0.2) is 0 Å². The van der Waals surface area contributed by atoms with Crippen molar-refractivity contribution < 1.29 is 4.79 Å². The van der Waals surface area contributed by atoms with Crippen LogP contribution in [0.15, 0.2) is 29.2 Å². The van der Waals surface area contributed by atoms with Crippen LogP contribution in [0.25, 0.3) is 0 Å². The van der Waals surface area contributed by atoms with Gasteiger partial charge in [0.25, 0.3) is 0 Å². The molecular formula is C15H18BrNOS. The zero-order valence-corrected chi connectivity index (χ0v) is 13.2. The van der Waals surface area contributed by atoms with Crippen molar-refractivity contribution in [1.29, 1.82) is 0 Å². The lowest BCUT2D eigenvalue weighted by molar-refractivity contribution is -0.121. The number of fused-ring (bicyclic) bond motifs is 1. The third-order valence-electron chi connectivity index (χ3n) is 3.95. The highest BCUT2D eigenvalue weighted by Gasteiger charge is 2.31. The number of halogens is 1. The molecule has 0 bridgehead atoms. The van der Waals surface area contributed by atoms with Crippen molar-refractivity contribution >= 4 is 33.6 Å². The molecule has 0 saturated heterocycles. The van der Waals surface area contributed by atoms with Gasteiger partial charge in [0.05, 0.1) is 5.25 Å². The maximum Gasteiger partial charge on any atom is 0.234 e. The second-order valence-corrected chi connectivity index (χ2v) is 7.75. The minimum atomic E-state index is 0.0547. The van der Waals surface area contributed by atoms with Crippen molar-refractivity contribution in [2.24, 2.45) is 0 Å². The molecule has 1 aromatic carbocycles. The van der Waals surface area contributed by atoms with Crippen LogP contribution in [0.1, 0.15) is 31.2 Å². The SMILES string of the molecule is O=C(NC1CCCCC1Br)C1Cc2ccccc2S1. The van der Waals surface area contributed by atoms with E-state index in [1.165, 1.54) is 29.7 Å². The summed E-state index contributed by atoms with van der Waals surface area (Å²) in [6, 6.07) is 8.65. The summed E-state index contributed by atoms with van der Waals surface area (Å²) >= 11 is 5.41. The van der Waals surface area contributed by atoms with Gasteiger partial charge >= 0.3 is 0 Å². The summed E-state index contributed by atoms with van der Waals surface area (Å²) < 4.78 is 0. The van der Waals surface area contributed by atoms with Crippen LogP contribution in [0.2, 0.25) is 0 Å². The van der Waals surface area contributed by atoms with Crippen molar-refractivity contribution in [1.82, 2.24) is 5.32 Å². The number of hydrogen-bond donors (Lipinski definition) is 1. The number of thioether (sulfide) groups is 1. The summed E-state index contributed by atoms with van der Waals surface area (Å²) in [6.07, 6.45) is 5.64. The van der Waals surface area contributed by atoms with Crippen LogP contribution in [0, 0.1) is 0 Å². The Balaban J connectivity index is 1.60. The Kier molecular flexibility index (Phi) is 4.18. The Hall–Kier alpha value is -0.480. The topological polar surface area (TPSA) is 29.1 Å². The molecule has 0 spiro atoms. The van der Waals surface area contributed by atoms with Crippen molar-refractivity contribution in [3.8, 4) is 0 Å².